The molecular formula is C60H134Br2Si16. The lowest BCUT2D eigenvalue weighted by Gasteiger charge is -2.61. The van der Waals surface area contributed by atoms with Gasteiger partial charge < -0.3 is 0 Å². The lowest BCUT2D eigenvalue weighted by Crippen LogP contribution is -2.75. The maximum Gasteiger partial charge on any atom is 0.221 e. The number of hydrogen-bond acceptors (Lipinski definition) is 0. The van der Waals surface area contributed by atoms with Crippen molar-refractivity contribution in [1.82, 2.24) is 0 Å². The maximum atomic E-state index is 5.46. The van der Waals surface area contributed by atoms with Crippen molar-refractivity contribution in [1.29, 1.82) is 0 Å². The van der Waals surface area contributed by atoms with E-state index in [1.807, 2.05) is 43.8 Å². The summed E-state index contributed by atoms with van der Waals surface area (Å²) in [5, 5.41) is 6.76. The van der Waals surface area contributed by atoms with Crippen molar-refractivity contribution in [2.45, 2.75) is 303 Å². The zero-order valence-electron chi connectivity index (χ0n) is 60.2. The third kappa shape index (κ3) is 13.8. The van der Waals surface area contributed by atoms with Crippen molar-refractivity contribution < 1.29 is 0 Å². The quantitative estimate of drug-likeness (QED) is 0.0916. The molecule has 1 aliphatic rings. The average molecular weight is 1460 g/mol. The summed E-state index contributed by atoms with van der Waals surface area (Å²) >= 11 is 10.9. The van der Waals surface area contributed by atoms with Gasteiger partial charge in [0.1, 0.15) is 0 Å². The van der Waals surface area contributed by atoms with Crippen LogP contribution in [0.5, 0.6) is 0 Å². The SMILES string of the molecule is C[Si](C)(C)C(c1cc(C([Si](C)(C)C)([Si](C)(C)C)[Si](C)(C)C)cc2c1[Si@@H]([Si](Br)(Br)c1c(C([Si](C)(C)C)[Si](C)(C)C)cc(C([Si](C)(C)C)([Si](C)(C)C)[Si](C)(C)C)cc1C([Si](C)(C)C)[Si](C)(C)C)C[Si](C)(C)[C@@H]2[Si](C)(C)C)[Si](C)(C)C. The topological polar surface area (TPSA) is 0 Å². The van der Waals surface area contributed by atoms with Gasteiger partial charge in [-0.1, -0.05) is 315 Å². The molecule has 0 unspecified atom stereocenters. The van der Waals surface area contributed by atoms with E-state index in [9.17, 15) is 0 Å². The molecule has 0 nitrogen and oxygen atoms in total. The Morgan fingerprint density at radius 1 is 0.385 bits per heavy atom. The first kappa shape index (κ1) is 75.1. The van der Waals surface area contributed by atoms with Gasteiger partial charge in [0.15, 0.2) is 0 Å². The molecule has 0 saturated carbocycles. The fraction of sp³-hybridized carbons (Fsp3) is 0.800. The standard InChI is InChI=1S/C60H134Br2Si16/c1-64(2,3)55(65(4,5)6)49-42-47(59(71(22,23)24,72(25,26)27)73(28,29)30)43-50-53(49)63(46-77(40,41)58(50)70(19,20)21)78(61,62)54-51(56(66(7,8)9)67(10,11)12)44-48(45-52(54)57(68(13,14)15)69(16,17)18)60(74(31,32)33,75(34,35)36)76(37,38)39/h42-45,55-58,63H,46H2,1-41H3/t58-,63-/m0/s1. The second kappa shape index (κ2) is 22.4. The van der Waals surface area contributed by atoms with Gasteiger partial charge in [-0.3, -0.25) is 0 Å². The molecule has 2 atom stereocenters. The molecule has 0 aliphatic carbocycles. The van der Waals surface area contributed by atoms with Gasteiger partial charge in [0, 0.05) is 113 Å². The van der Waals surface area contributed by atoms with Crippen LogP contribution in [0, 0.1) is 0 Å². The van der Waals surface area contributed by atoms with E-state index < -0.39 is 126 Å². The van der Waals surface area contributed by atoms with Crippen LogP contribution in [0.2, 0.25) is 274 Å². The molecule has 0 radical (unpaired) electrons. The van der Waals surface area contributed by atoms with Crippen LogP contribution in [0.15, 0.2) is 24.3 Å². The Morgan fingerprint density at radius 2 is 0.615 bits per heavy atom. The van der Waals surface area contributed by atoms with Gasteiger partial charge in [0.2, 0.25) is 4.83 Å². The van der Waals surface area contributed by atoms with Crippen molar-refractivity contribution >= 4 is 167 Å². The Kier molecular flexibility index (Phi) is 21.6. The lowest BCUT2D eigenvalue weighted by atomic mass is 10.1. The summed E-state index contributed by atoms with van der Waals surface area (Å²) in [6, 6.07) is 12.6. The van der Waals surface area contributed by atoms with E-state index in [0.717, 1.165) is 5.16 Å². The molecule has 2 aromatic rings. The molecule has 1 aliphatic heterocycles. The fourth-order valence-corrected chi connectivity index (χ4v) is 172. The van der Waals surface area contributed by atoms with Crippen LogP contribution in [0.1, 0.15) is 54.0 Å². The fourth-order valence-electron chi connectivity index (χ4n) is 22.9. The Morgan fingerprint density at radius 3 is 0.846 bits per heavy atom. The molecular weight excluding hydrogens is 1330 g/mol. The van der Waals surface area contributed by atoms with Crippen LogP contribution in [0.25, 0.3) is 0 Å². The molecule has 0 fully saturated rings. The predicted molar refractivity (Wildman–Crippen MR) is 423 cm³/mol. The Balaban J connectivity index is 3.29. The van der Waals surface area contributed by atoms with Crippen molar-refractivity contribution in [3.05, 3.63) is 57.6 Å². The highest BCUT2D eigenvalue weighted by Crippen LogP contribution is 2.56. The summed E-state index contributed by atoms with van der Waals surface area (Å²) < 4.78 is 0.636. The molecule has 3 rings (SSSR count). The molecule has 78 heavy (non-hydrogen) atoms. The Bertz CT molecular complexity index is 2310. The number of halogens is 2. The number of rotatable bonds is 20. The van der Waals surface area contributed by atoms with Crippen LogP contribution in [0.3, 0.4) is 0 Å². The first-order chi connectivity index (χ1) is 33.5. The van der Waals surface area contributed by atoms with Crippen molar-refractivity contribution in [3.8, 4) is 0 Å². The Labute approximate surface area is 522 Å². The van der Waals surface area contributed by atoms with Gasteiger partial charge >= 0.3 is 0 Å². The zero-order valence-corrected chi connectivity index (χ0v) is 79.5. The number of benzene rings is 2. The van der Waals surface area contributed by atoms with Gasteiger partial charge in [-0.15, -0.1) is 30.6 Å². The second-order valence-corrected chi connectivity index (χ2v) is 145. The van der Waals surface area contributed by atoms with Crippen LogP contribution in [-0.2, 0) is 8.57 Å². The van der Waals surface area contributed by atoms with Crippen LogP contribution < -0.4 is 10.4 Å². The summed E-state index contributed by atoms with van der Waals surface area (Å²) in [4.78, 5) is -2.73. The molecule has 452 valence electrons. The van der Waals surface area contributed by atoms with Gasteiger partial charge in [0.05, 0.1) is 8.31 Å². The molecule has 1 heterocycles. The van der Waals surface area contributed by atoms with E-state index in [1.165, 1.54) is 5.67 Å². The van der Waals surface area contributed by atoms with Gasteiger partial charge in [-0.2, -0.15) is 0 Å². The lowest BCUT2D eigenvalue weighted by molar-refractivity contribution is 0.992. The summed E-state index contributed by atoms with van der Waals surface area (Å²) in [5.41, 5.74) is 13.0. The third-order valence-electron chi connectivity index (χ3n) is 20.0. The highest BCUT2D eigenvalue weighted by atomic mass is 79.9. The molecule has 0 spiro atoms. The van der Waals surface area contributed by atoms with E-state index in [4.69, 9.17) is 30.6 Å². The molecule has 0 N–H and O–H groups in total. The summed E-state index contributed by atoms with van der Waals surface area (Å²) in [5.74, 6) is 0. The first-order valence-electron chi connectivity index (χ1n) is 31.2. The molecule has 0 bridgehead atoms. The van der Waals surface area contributed by atoms with Crippen LogP contribution in [-0.4, -0.2) is 126 Å². The highest BCUT2D eigenvalue weighted by molar-refractivity contribution is 9.54. The minimum Gasteiger partial charge on any atom is -0.109 e. The minimum atomic E-state index is -2.73. The molecule has 0 amide bonds. The average Bonchev–Trinajstić information content (AvgIpc) is 3.02. The highest BCUT2D eigenvalue weighted by Gasteiger charge is 2.65. The van der Waals surface area contributed by atoms with Crippen molar-refractivity contribution in [3.63, 3.8) is 0 Å². The summed E-state index contributed by atoms with van der Waals surface area (Å²) in [7, 11) is -27.6. The number of fused-ring (bicyclic) bond motifs is 1. The van der Waals surface area contributed by atoms with Gasteiger partial charge in [-0.25, -0.2) is 0 Å². The third-order valence-corrected chi connectivity index (χ3v) is 127. The molecule has 0 saturated heterocycles. The first-order valence-corrected chi connectivity index (χ1v) is 90.3. The summed E-state index contributed by atoms with van der Waals surface area (Å²) in [6.07, 6.45) is 0. The van der Waals surface area contributed by atoms with Crippen molar-refractivity contribution in [2.24, 2.45) is 0 Å². The van der Waals surface area contributed by atoms with Gasteiger partial charge in [-0.05, 0) is 56.7 Å². The van der Waals surface area contributed by atoms with E-state index in [1.54, 1.807) is 0 Å². The summed E-state index contributed by atoms with van der Waals surface area (Å²) in [6.45, 7) is 116. The van der Waals surface area contributed by atoms with Gasteiger partial charge in [0.25, 0.3) is 0 Å². The van der Waals surface area contributed by atoms with E-state index >= 15 is 0 Å². The second-order valence-electron chi connectivity index (χ2n) is 40.8. The monoisotopic (exact) mass is 1460 g/mol. The zero-order chi connectivity index (χ0) is 62.5. The Hall–Kier alpha value is 2.87. The molecule has 0 aromatic heterocycles. The van der Waals surface area contributed by atoms with Crippen LogP contribution >= 0.6 is 30.6 Å². The number of hydrogen-bond donors (Lipinski definition) is 0. The largest absolute Gasteiger partial charge is 0.221 e. The van der Waals surface area contributed by atoms with Crippen molar-refractivity contribution in [2.75, 3.05) is 0 Å². The van der Waals surface area contributed by atoms with Crippen LogP contribution in [0.4, 0.5) is 0 Å². The molecule has 2 aromatic carbocycles. The smallest absolute Gasteiger partial charge is 0.109 e. The minimum absolute atomic E-state index is 0.306. The van der Waals surface area contributed by atoms with E-state index in [2.05, 4.69) is 293 Å². The molecule has 18 heteroatoms. The maximum absolute atomic E-state index is 5.46. The predicted octanol–water partition coefficient (Wildman–Crippen LogP) is 21.4. The van der Waals surface area contributed by atoms with E-state index in [-0.39, 0.29) is 0 Å². The van der Waals surface area contributed by atoms with E-state index in [0.29, 0.717) is 24.1 Å². The normalized spacial score (nSPS) is 19.1.